The molecule has 2 amide bonds. The van der Waals surface area contributed by atoms with Gasteiger partial charge in [-0.15, -0.1) is 0 Å². The van der Waals surface area contributed by atoms with Crippen molar-refractivity contribution < 1.29 is 19.0 Å². The monoisotopic (exact) mass is 415 g/mol. The van der Waals surface area contributed by atoms with Crippen molar-refractivity contribution in [1.29, 1.82) is 0 Å². The predicted molar refractivity (Wildman–Crippen MR) is 109 cm³/mol. The van der Waals surface area contributed by atoms with Crippen molar-refractivity contribution in [3.63, 3.8) is 0 Å². The van der Waals surface area contributed by atoms with Crippen LogP contribution in [0.3, 0.4) is 0 Å². The van der Waals surface area contributed by atoms with E-state index >= 15 is 0 Å². The van der Waals surface area contributed by atoms with Crippen LogP contribution in [0.2, 0.25) is 0 Å². The van der Waals surface area contributed by atoms with Crippen molar-refractivity contribution in [2.24, 2.45) is 0 Å². The van der Waals surface area contributed by atoms with Crippen LogP contribution in [0, 0.1) is 17.0 Å². The van der Waals surface area contributed by atoms with Gasteiger partial charge < -0.3 is 19.6 Å². The SMILES string of the molecule is Cc1cc(NC(=O)CN(CCN2CCCCC2)C(=O)c2ccc([N+](=O)[O-])cc2)no1. The minimum Gasteiger partial charge on any atom is -0.360 e. The average Bonchev–Trinajstić information content (AvgIpc) is 3.15. The summed E-state index contributed by atoms with van der Waals surface area (Å²) < 4.78 is 4.94. The molecule has 10 nitrogen and oxygen atoms in total. The summed E-state index contributed by atoms with van der Waals surface area (Å²) in [6.45, 7) is 4.55. The van der Waals surface area contributed by atoms with Crippen molar-refractivity contribution in [3.05, 3.63) is 51.8 Å². The second-order valence-corrected chi connectivity index (χ2v) is 7.30. The lowest BCUT2D eigenvalue weighted by molar-refractivity contribution is -0.384. The van der Waals surface area contributed by atoms with Gasteiger partial charge in [0.05, 0.1) is 4.92 Å². The number of amides is 2. The molecule has 1 saturated heterocycles. The first-order valence-corrected chi connectivity index (χ1v) is 9.91. The lowest BCUT2D eigenvalue weighted by atomic mass is 10.1. The van der Waals surface area contributed by atoms with Gasteiger partial charge in [-0.25, -0.2) is 0 Å². The van der Waals surface area contributed by atoms with Crippen LogP contribution in [0.1, 0.15) is 35.4 Å². The summed E-state index contributed by atoms with van der Waals surface area (Å²) >= 11 is 0. The number of nitro benzene ring substituents is 1. The van der Waals surface area contributed by atoms with E-state index in [1.165, 1.54) is 35.6 Å². The third kappa shape index (κ3) is 5.86. The number of benzene rings is 1. The number of likely N-dealkylation sites (tertiary alicyclic amines) is 1. The highest BCUT2D eigenvalue weighted by Crippen LogP contribution is 2.15. The average molecular weight is 415 g/mol. The number of anilines is 1. The molecular weight excluding hydrogens is 390 g/mol. The number of hydrogen-bond donors (Lipinski definition) is 1. The van der Waals surface area contributed by atoms with Crippen molar-refractivity contribution in [2.75, 3.05) is 38.0 Å². The number of hydrogen-bond acceptors (Lipinski definition) is 7. The number of nitrogens with one attached hydrogen (secondary N) is 1. The Morgan fingerprint density at radius 2 is 1.93 bits per heavy atom. The Balaban J connectivity index is 1.68. The zero-order chi connectivity index (χ0) is 21.5. The molecule has 160 valence electrons. The topological polar surface area (TPSA) is 122 Å². The molecule has 3 rings (SSSR count). The first kappa shape index (κ1) is 21.4. The lowest BCUT2D eigenvalue weighted by Crippen LogP contribution is -2.43. The number of carbonyl (C=O) groups is 2. The van der Waals surface area contributed by atoms with Crippen LogP contribution in [-0.4, -0.2) is 64.4 Å². The van der Waals surface area contributed by atoms with Gasteiger partial charge in [0.2, 0.25) is 5.91 Å². The molecule has 1 N–H and O–H groups in total. The molecule has 0 unspecified atom stereocenters. The molecule has 2 aromatic rings. The van der Waals surface area contributed by atoms with E-state index in [0.717, 1.165) is 25.9 Å². The number of piperidine rings is 1. The largest absolute Gasteiger partial charge is 0.360 e. The molecule has 1 aliphatic heterocycles. The van der Waals surface area contributed by atoms with Gasteiger partial charge in [-0.2, -0.15) is 0 Å². The lowest BCUT2D eigenvalue weighted by Gasteiger charge is -2.30. The fourth-order valence-corrected chi connectivity index (χ4v) is 3.39. The quantitative estimate of drug-likeness (QED) is 0.519. The summed E-state index contributed by atoms with van der Waals surface area (Å²) in [5.41, 5.74) is 0.204. The number of rotatable bonds is 8. The molecule has 10 heteroatoms. The highest BCUT2D eigenvalue weighted by atomic mass is 16.6. The summed E-state index contributed by atoms with van der Waals surface area (Å²) in [6.07, 6.45) is 3.46. The molecule has 30 heavy (non-hydrogen) atoms. The van der Waals surface area contributed by atoms with Crippen molar-refractivity contribution in [3.8, 4) is 0 Å². The second kappa shape index (κ2) is 9.97. The van der Waals surface area contributed by atoms with Crippen LogP contribution in [0.5, 0.6) is 0 Å². The fourth-order valence-electron chi connectivity index (χ4n) is 3.39. The third-order valence-corrected chi connectivity index (χ3v) is 4.98. The highest BCUT2D eigenvalue weighted by molar-refractivity contribution is 5.99. The number of nitrogens with zero attached hydrogens (tertiary/aromatic N) is 4. The summed E-state index contributed by atoms with van der Waals surface area (Å²) in [4.78, 5) is 39.6. The minimum atomic E-state index is -0.518. The first-order valence-electron chi connectivity index (χ1n) is 9.91. The molecular formula is C20H25N5O5. The zero-order valence-electron chi connectivity index (χ0n) is 16.9. The van der Waals surface area contributed by atoms with Gasteiger partial charge in [-0.3, -0.25) is 19.7 Å². The van der Waals surface area contributed by atoms with Crippen LogP contribution >= 0.6 is 0 Å². The van der Waals surface area contributed by atoms with Crippen LogP contribution in [0.4, 0.5) is 11.5 Å². The van der Waals surface area contributed by atoms with E-state index in [2.05, 4.69) is 15.4 Å². The van der Waals surface area contributed by atoms with Crippen LogP contribution in [-0.2, 0) is 4.79 Å². The van der Waals surface area contributed by atoms with Gasteiger partial charge in [0.15, 0.2) is 5.82 Å². The number of non-ortho nitro benzene ring substituents is 1. The van der Waals surface area contributed by atoms with Gasteiger partial charge in [0, 0.05) is 36.9 Å². The van der Waals surface area contributed by atoms with E-state index in [1.54, 1.807) is 13.0 Å². The maximum atomic E-state index is 13.0. The van der Waals surface area contributed by atoms with E-state index in [-0.39, 0.29) is 24.0 Å². The fraction of sp³-hybridized carbons (Fsp3) is 0.450. The van der Waals surface area contributed by atoms with Crippen LogP contribution in [0.15, 0.2) is 34.9 Å². The predicted octanol–water partition coefficient (Wildman–Crippen LogP) is 2.46. The molecule has 2 heterocycles. The minimum absolute atomic E-state index is 0.0921. The molecule has 0 saturated carbocycles. The Morgan fingerprint density at radius 3 is 2.53 bits per heavy atom. The summed E-state index contributed by atoms with van der Waals surface area (Å²) in [5, 5.41) is 17.2. The zero-order valence-corrected chi connectivity index (χ0v) is 16.9. The molecule has 0 spiro atoms. The van der Waals surface area contributed by atoms with Crippen molar-refractivity contribution in [1.82, 2.24) is 15.0 Å². The van der Waals surface area contributed by atoms with Crippen molar-refractivity contribution in [2.45, 2.75) is 26.2 Å². The standard InChI is InChI=1S/C20H25N5O5/c1-15-13-18(22-30-15)21-19(26)14-24(12-11-23-9-3-2-4-10-23)20(27)16-5-7-17(8-6-16)25(28)29/h5-8,13H,2-4,9-12,14H2,1H3,(H,21,22,26). The second-order valence-electron chi connectivity index (χ2n) is 7.30. The smallest absolute Gasteiger partial charge is 0.269 e. The number of aromatic nitrogens is 1. The van der Waals surface area contributed by atoms with Gasteiger partial charge in [-0.05, 0) is 45.0 Å². The van der Waals surface area contributed by atoms with Gasteiger partial charge in [0.1, 0.15) is 12.3 Å². The summed E-state index contributed by atoms with van der Waals surface area (Å²) in [5.74, 6) is 0.107. The number of aryl methyl sites for hydroxylation is 1. The van der Waals surface area contributed by atoms with E-state index in [9.17, 15) is 19.7 Å². The van der Waals surface area contributed by atoms with E-state index < -0.39 is 10.8 Å². The normalized spacial score (nSPS) is 14.3. The van der Waals surface area contributed by atoms with E-state index in [0.29, 0.717) is 24.4 Å². The summed E-state index contributed by atoms with van der Waals surface area (Å²) in [7, 11) is 0. The van der Waals surface area contributed by atoms with E-state index in [4.69, 9.17) is 4.52 Å². The molecule has 0 radical (unpaired) electrons. The third-order valence-electron chi connectivity index (χ3n) is 4.98. The Hall–Kier alpha value is -3.27. The molecule has 0 atom stereocenters. The maximum absolute atomic E-state index is 13.0. The van der Waals surface area contributed by atoms with Gasteiger partial charge in [-0.1, -0.05) is 11.6 Å². The van der Waals surface area contributed by atoms with Crippen LogP contribution < -0.4 is 5.32 Å². The van der Waals surface area contributed by atoms with Gasteiger partial charge >= 0.3 is 0 Å². The molecule has 1 aromatic heterocycles. The van der Waals surface area contributed by atoms with E-state index in [1.807, 2.05) is 0 Å². The molecule has 0 aliphatic carbocycles. The molecule has 1 fully saturated rings. The maximum Gasteiger partial charge on any atom is 0.269 e. The van der Waals surface area contributed by atoms with Crippen molar-refractivity contribution >= 4 is 23.3 Å². The summed E-state index contributed by atoms with van der Waals surface area (Å²) in [6, 6.07) is 6.98. The number of carbonyl (C=O) groups excluding carboxylic acids is 2. The Bertz CT molecular complexity index is 889. The Labute approximate surface area is 174 Å². The highest BCUT2D eigenvalue weighted by Gasteiger charge is 2.22. The molecule has 0 bridgehead atoms. The van der Waals surface area contributed by atoms with Crippen LogP contribution in [0.25, 0.3) is 0 Å². The molecule has 1 aromatic carbocycles. The Kier molecular flexibility index (Phi) is 7.12. The Morgan fingerprint density at radius 1 is 1.23 bits per heavy atom. The number of nitro groups is 1. The van der Waals surface area contributed by atoms with Gasteiger partial charge in [0.25, 0.3) is 11.6 Å². The molecule has 1 aliphatic rings. The first-order chi connectivity index (χ1) is 14.4.